The van der Waals surface area contributed by atoms with Gasteiger partial charge in [0.05, 0.1) is 19.1 Å². The van der Waals surface area contributed by atoms with Crippen molar-refractivity contribution in [1.29, 1.82) is 0 Å². The van der Waals surface area contributed by atoms with E-state index in [1.807, 2.05) is 35.2 Å². The molecular weight excluding hydrogens is 493 g/mol. The molecule has 0 bridgehead atoms. The molecule has 0 aliphatic carbocycles. The van der Waals surface area contributed by atoms with Crippen molar-refractivity contribution in [2.75, 3.05) is 26.3 Å². The van der Waals surface area contributed by atoms with Crippen molar-refractivity contribution in [3.8, 4) is 5.75 Å². The van der Waals surface area contributed by atoms with E-state index in [4.69, 9.17) is 9.47 Å². The van der Waals surface area contributed by atoms with E-state index in [2.05, 4.69) is 15.9 Å². The second-order valence-electron chi connectivity index (χ2n) is 7.58. The Labute approximate surface area is 190 Å². The van der Waals surface area contributed by atoms with Crippen molar-refractivity contribution in [3.63, 3.8) is 0 Å². The highest BCUT2D eigenvalue weighted by atomic mass is 79.9. The molecule has 0 saturated carbocycles. The molecule has 2 aromatic rings. The van der Waals surface area contributed by atoms with Gasteiger partial charge in [-0.15, -0.1) is 0 Å². The first-order valence-corrected chi connectivity index (χ1v) is 10.8. The molecule has 0 aromatic heterocycles. The lowest BCUT2D eigenvalue weighted by Crippen LogP contribution is -2.53. The van der Waals surface area contributed by atoms with Crippen LogP contribution in [0.3, 0.4) is 0 Å². The summed E-state index contributed by atoms with van der Waals surface area (Å²) in [6.45, 7) is 1.98. The normalized spacial score (nSPS) is 23.9. The molecule has 0 radical (unpaired) electrons. The molecule has 0 spiro atoms. The summed E-state index contributed by atoms with van der Waals surface area (Å²) >= 11 is 3.32. The van der Waals surface area contributed by atoms with Crippen LogP contribution in [0.2, 0.25) is 0 Å². The standard InChI is InChI=1S/C22H20BrF3N2O4/c23-15-6-7-19-16(12-15)17(20(28(29)30)21(32-19)22(24,25)26)13-18(14-4-2-1-3-5-14)27-8-10-31-11-9-27/h1-7,12-13,17,20-21H,8-11H2/b18-13+/t17-,20-,21-/m1/s1. The number of hydrogen-bond acceptors (Lipinski definition) is 5. The fraction of sp³-hybridized carbons (Fsp3) is 0.364. The molecule has 6 nitrogen and oxygen atoms in total. The number of ether oxygens (including phenoxy) is 2. The van der Waals surface area contributed by atoms with Crippen LogP contribution in [-0.2, 0) is 4.74 Å². The number of benzene rings is 2. The van der Waals surface area contributed by atoms with Crippen molar-refractivity contribution in [2.45, 2.75) is 24.2 Å². The number of fused-ring (bicyclic) bond motifs is 1. The maximum Gasteiger partial charge on any atom is 0.432 e. The van der Waals surface area contributed by atoms with Crippen LogP contribution in [0.5, 0.6) is 5.75 Å². The van der Waals surface area contributed by atoms with Crippen LogP contribution < -0.4 is 4.74 Å². The van der Waals surface area contributed by atoms with Crippen LogP contribution in [0.15, 0.2) is 59.1 Å². The number of nitro groups is 1. The third-order valence-corrected chi connectivity index (χ3v) is 6.08. The zero-order chi connectivity index (χ0) is 22.9. The van der Waals surface area contributed by atoms with E-state index in [1.54, 1.807) is 18.2 Å². The van der Waals surface area contributed by atoms with Crippen LogP contribution >= 0.6 is 15.9 Å². The molecule has 1 fully saturated rings. The number of rotatable bonds is 4. The minimum absolute atomic E-state index is 0.00994. The molecule has 2 heterocycles. The minimum atomic E-state index is -4.90. The highest BCUT2D eigenvalue weighted by Crippen LogP contribution is 2.45. The molecule has 2 aromatic carbocycles. The molecule has 10 heteroatoms. The Hall–Kier alpha value is -2.59. The smallest absolute Gasteiger partial charge is 0.432 e. The van der Waals surface area contributed by atoms with Gasteiger partial charge in [0, 0.05) is 33.7 Å². The van der Waals surface area contributed by atoms with Crippen LogP contribution in [0.4, 0.5) is 13.2 Å². The molecule has 1 saturated heterocycles. The monoisotopic (exact) mass is 512 g/mol. The quantitative estimate of drug-likeness (QED) is 0.431. The molecule has 170 valence electrons. The molecule has 32 heavy (non-hydrogen) atoms. The number of nitrogens with zero attached hydrogens (tertiary/aromatic N) is 2. The molecule has 0 unspecified atom stereocenters. The zero-order valence-electron chi connectivity index (χ0n) is 16.8. The molecule has 0 amide bonds. The van der Waals surface area contributed by atoms with Gasteiger partial charge in [0.2, 0.25) is 0 Å². The largest absolute Gasteiger partial charge is 0.473 e. The summed E-state index contributed by atoms with van der Waals surface area (Å²) in [5.74, 6) is -1.17. The van der Waals surface area contributed by atoms with E-state index in [9.17, 15) is 23.3 Å². The summed E-state index contributed by atoms with van der Waals surface area (Å²) in [5.41, 5.74) is 1.74. The van der Waals surface area contributed by atoms with Gasteiger partial charge in [-0.05, 0) is 29.8 Å². The number of morpholine rings is 1. The van der Waals surface area contributed by atoms with Crippen LogP contribution in [0.1, 0.15) is 17.0 Å². The van der Waals surface area contributed by atoms with Gasteiger partial charge < -0.3 is 14.4 Å². The summed E-state index contributed by atoms with van der Waals surface area (Å²) in [5, 5.41) is 12.0. The van der Waals surface area contributed by atoms with Crippen LogP contribution in [-0.4, -0.2) is 54.4 Å². The highest BCUT2D eigenvalue weighted by Gasteiger charge is 2.58. The molecule has 4 rings (SSSR count). The van der Waals surface area contributed by atoms with Crippen LogP contribution in [0.25, 0.3) is 5.70 Å². The van der Waals surface area contributed by atoms with Gasteiger partial charge in [-0.25, -0.2) is 0 Å². The van der Waals surface area contributed by atoms with Crippen molar-refractivity contribution in [1.82, 2.24) is 4.90 Å². The summed E-state index contributed by atoms with van der Waals surface area (Å²) in [6.07, 6.45) is -5.88. The molecule has 2 aliphatic rings. The first-order valence-electron chi connectivity index (χ1n) is 10.0. The Balaban J connectivity index is 1.90. The van der Waals surface area contributed by atoms with E-state index in [-0.39, 0.29) is 5.75 Å². The first kappa shape index (κ1) is 22.6. The fourth-order valence-corrected chi connectivity index (χ4v) is 4.50. The summed E-state index contributed by atoms with van der Waals surface area (Å²) in [7, 11) is 0. The molecule has 0 N–H and O–H groups in total. The van der Waals surface area contributed by atoms with Crippen molar-refractivity contribution in [2.24, 2.45) is 0 Å². The molecular formula is C22H20BrF3N2O4. The Morgan fingerprint density at radius 1 is 1.16 bits per heavy atom. The third-order valence-electron chi connectivity index (χ3n) is 5.59. The van der Waals surface area contributed by atoms with E-state index >= 15 is 0 Å². The first-order chi connectivity index (χ1) is 15.3. The predicted molar refractivity (Wildman–Crippen MR) is 115 cm³/mol. The number of hydrogen-bond donors (Lipinski definition) is 0. The fourth-order valence-electron chi connectivity index (χ4n) is 4.12. The molecule has 2 aliphatic heterocycles. The van der Waals surface area contributed by atoms with Gasteiger partial charge in [-0.1, -0.05) is 46.3 Å². The van der Waals surface area contributed by atoms with E-state index < -0.39 is 29.2 Å². The van der Waals surface area contributed by atoms with Gasteiger partial charge in [-0.3, -0.25) is 10.1 Å². The predicted octanol–water partition coefficient (Wildman–Crippen LogP) is 4.87. The van der Waals surface area contributed by atoms with Gasteiger partial charge in [0.15, 0.2) is 0 Å². The maximum atomic E-state index is 13.8. The Kier molecular flexibility index (Phi) is 6.43. The van der Waals surface area contributed by atoms with Gasteiger partial charge in [0.25, 0.3) is 12.1 Å². The number of alkyl halides is 3. The second kappa shape index (κ2) is 9.11. The maximum absolute atomic E-state index is 13.8. The Bertz CT molecular complexity index is 1010. The number of halogens is 4. The third kappa shape index (κ3) is 4.61. The molecule has 3 atom stereocenters. The van der Waals surface area contributed by atoms with Crippen molar-refractivity contribution >= 4 is 21.6 Å². The van der Waals surface area contributed by atoms with Crippen LogP contribution in [0, 0.1) is 10.1 Å². The average molecular weight is 513 g/mol. The lowest BCUT2D eigenvalue weighted by atomic mass is 9.83. The van der Waals surface area contributed by atoms with E-state index in [0.717, 1.165) is 5.56 Å². The average Bonchev–Trinajstić information content (AvgIpc) is 2.77. The zero-order valence-corrected chi connectivity index (χ0v) is 18.4. The van der Waals surface area contributed by atoms with E-state index in [1.165, 1.54) is 6.07 Å². The van der Waals surface area contributed by atoms with Gasteiger partial charge in [0.1, 0.15) is 5.75 Å². The summed E-state index contributed by atoms with van der Waals surface area (Å²) in [6, 6.07) is 11.7. The van der Waals surface area contributed by atoms with Gasteiger partial charge in [-0.2, -0.15) is 13.2 Å². The second-order valence-corrected chi connectivity index (χ2v) is 8.50. The topological polar surface area (TPSA) is 64.8 Å². The Morgan fingerprint density at radius 3 is 2.47 bits per heavy atom. The minimum Gasteiger partial charge on any atom is -0.473 e. The van der Waals surface area contributed by atoms with Crippen molar-refractivity contribution < 1.29 is 27.6 Å². The lowest BCUT2D eigenvalue weighted by Gasteiger charge is -2.36. The Morgan fingerprint density at radius 2 is 1.84 bits per heavy atom. The SMILES string of the molecule is O=[N+]([O-])[C@@H]1[C@H](/C=C(\c2ccccc2)N2CCOCC2)c2cc(Br)ccc2O[C@H]1C(F)(F)F. The highest BCUT2D eigenvalue weighted by molar-refractivity contribution is 9.10. The summed E-state index contributed by atoms with van der Waals surface area (Å²) < 4.78 is 52.6. The van der Waals surface area contributed by atoms with Gasteiger partial charge >= 0.3 is 6.18 Å². The van der Waals surface area contributed by atoms with Crippen molar-refractivity contribution in [3.05, 3.63) is 80.3 Å². The van der Waals surface area contributed by atoms with E-state index in [0.29, 0.717) is 42.0 Å². The summed E-state index contributed by atoms with van der Waals surface area (Å²) in [4.78, 5) is 13.1. The lowest BCUT2D eigenvalue weighted by molar-refractivity contribution is -0.546.